The number of anilines is 1. The van der Waals surface area contributed by atoms with Gasteiger partial charge in [-0.1, -0.05) is 47.5 Å². The number of nitrogens with one attached hydrogen (secondary N) is 1. The summed E-state index contributed by atoms with van der Waals surface area (Å²) in [5, 5.41) is 13.4. The first-order chi connectivity index (χ1) is 14.0. The monoisotopic (exact) mass is 431 g/mol. The van der Waals surface area contributed by atoms with Gasteiger partial charge in [-0.05, 0) is 42.0 Å². The number of carbonyl (C=O) groups is 1. The van der Waals surface area contributed by atoms with Crippen molar-refractivity contribution in [3.05, 3.63) is 87.4 Å². The van der Waals surface area contributed by atoms with E-state index in [1.54, 1.807) is 19.2 Å². The van der Waals surface area contributed by atoms with Gasteiger partial charge in [0.2, 0.25) is 0 Å². The fraction of sp³-hybridized carbons (Fsp3) is 0.136. The van der Waals surface area contributed by atoms with E-state index in [1.807, 2.05) is 36.4 Å². The molecular weight excluding hydrogens is 413 g/mol. The van der Waals surface area contributed by atoms with Crippen LogP contribution in [0.25, 0.3) is 0 Å². The maximum atomic E-state index is 11.2. The molecule has 0 aliphatic carbocycles. The number of benzene rings is 3. The van der Waals surface area contributed by atoms with Gasteiger partial charge in [0.05, 0.1) is 23.4 Å². The van der Waals surface area contributed by atoms with Crippen LogP contribution in [0, 0.1) is 0 Å². The summed E-state index contributed by atoms with van der Waals surface area (Å²) in [6.07, 6.45) is 0. The van der Waals surface area contributed by atoms with Crippen LogP contribution in [0.4, 0.5) is 5.69 Å². The molecule has 0 aliphatic heterocycles. The number of carboxylic acids is 1. The maximum absolute atomic E-state index is 11.2. The second kappa shape index (κ2) is 9.54. The van der Waals surface area contributed by atoms with E-state index in [2.05, 4.69) is 5.32 Å². The summed E-state index contributed by atoms with van der Waals surface area (Å²) in [6.45, 7) is 0.689. The molecular formula is C22H19Cl2NO4. The number of ether oxygens (including phenoxy) is 2. The van der Waals surface area contributed by atoms with Crippen LogP contribution in [0.1, 0.15) is 21.5 Å². The first-order valence-electron chi connectivity index (χ1n) is 8.77. The number of hydrogen-bond acceptors (Lipinski definition) is 4. The summed E-state index contributed by atoms with van der Waals surface area (Å²) in [6, 6.07) is 17.5. The third-order valence-electron chi connectivity index (χ3n) is 4.24. The molecule has 0 saturated carbocycles. The summed E-state index contributed by atoms with van der Waals surface area (Å²) in [5.41, 5.74) is 2.44. The van der Waals surface area contributed by atoms with Crippen LogP contribution in [-0.2, 0) is 13.2 Å². The standard InChI is InChI=1S/C22H19Cl2NO4/c1-28-20-7-3-5-16(21(20)29-13-14-4-2-6-17(23)10-14)12-25-19-11-15(22(26)27)8-9-18(19)24/h2-11,25H,12-13H2,1H3,(H,26,27). The molecule has 0 heterocycles. The van der Waals surface area contributed by atoms with Crippen LogP contribution in [0.5, 0.6) is 11.5 Å². The van der Waals surface area contributed by atoms with Gasteiger partial charge in [-0.25, -0.2) is 4.79 Å². The Labute approximate surface area is 178 Å². The Kier molecular flexibility index (Phi) is 6.86. The van der Waals surface area contributed by atoms with E-state index in [-0.39, 0.29) is 5.56 Å². The van der Waals surface area contributed by atoms with Gasteiger partial charge in [0, 0.05) is 17.1 Å². The number of halogens is 2. The molecule has 0 radical (unpaired) electrons. The van der Waals surface area contributed by atoms with Crippen LogP contribution in [-0.4, -0.2) is 18.2 Å². The van der Waals surface area contributed by atoms with Gasteiger partial charge in [-0.2, -0.15) is 0 Å². The average Bonchev–Trinajstić information content (AvgIpc) is 2.71. The van der Waals surface area contributed by atoms with Crippen molar-refractivity contribution in [3.63, 3.8) is 0 Å². The molecule has 0 fully saturated rings. The molecule has 5 nitrogen and oxygen atoms in total. The highest BCUT2D eigenvalue weighted by molar-refractivity contribution is 6.33. The van der Waals surface area contributed by atoms with Crippen molar-refractivity contribution in [1.29, 1.82) is 0 Å². The number of para-hydroxylation sites is 1. The molecule has 3 aromatic carbocycles. The summed E-state index contributed by atoms with van der Waals surface area (Å²) >= 11 is 12.2. The molecule has 2 N–H and O–H groups in total. The normalized spacial score (nSPS) is 10.4. The molecule has 0 amide bonds. The molecule has 3 aromatic rings. The van der Waals surface area contributed by atoms with Gasteiger partial charge in [-0.15, -0.1) is 0 Å². The lowest BCUT2D eigenvalue weighted by Crippen LogP contribution is -2.06. The summed E-state index contributed by atoms with van der Waals surface area (Å²) in [7, 11) is 1.58. The number of aromatic carboxylic acids is 1. The highest BCUT2D eigenvalue weighted by atomic mass is 35.5. The minimum Gasteiger partial charge on any atom is -0.493 e. The number of hydrogen-bond donors (Lipinski definition) is 2. The van der Waals surface area contributed by atoms with Crippen LogP contribution in [0.2, 0.25) is 10.0 Å². The molecule has 3 rings (SSSR count). The van der Waals surface area contributed by atoms with Crippen LogP contribution >= 0.6 is 23.2 Å². The van der Waals surface area contributed by atoms with E-state index in [9.17, 15) is 9.90 Å². The lowest BCUT2D eigenvalue weighted by atomic mass is 10.1. The van der Waals surface area contributed by atoms with Gasteiger partial charge in [0.1, 0.15) is 6.61 Å². The topological polar surface area (TPSA) is 67.8 Å². The van der Waals surface area contributed by atoms with Gasteiger partial charge in [-0.3, -0.25) is 0 Å². The molecule has 0 aliphatic rings. The highest BCUT2D eigenvalue weighted by Gasteiger charge is 2.13. The largest absolute Gasteiger partial charge is 0.493 e. The second-order valence-corrected chi connectivity index (χ2v) is 7.06. The Morgan fingerprint density at radius 2 is 1.86 bits per heavy atom. The van der Waals surface area contributed by atoms with Gasteiger partial charge >= 0.3 is 5.97 Å². The number of rotatable bonds is 8. The van der Waals surface area contributed by atoms with Crippen molar-refractivity contribution in [2.75, 3.05) is 12.4 Å². The van der Waals surface area contributed by atoms with Crippen LogP contribution < -0.4 is 14.8 Å². The predicted molar refractivity (Wildman–Crippen MR) is 115 cm³/mol. The molecule has 0 atom stereocenters. The Balaban J connectivity index is 1.81. The smallest absolute Gasteiger partial charge is 0.335 e. The first kappa shape index (κ1) is 20.8. The molecule has 0 saturated heterocycles. The van der Waals surface area contributed by atoms with Crippen molar-refractivity contribution in [2.45, 2.75) is 13.2 Å². The van der Waals surface area contributed by atoms with E-state index in [0.29, 0.717) is 40.4 Å². The van der Waals surface area contributed by atoms with Crippen LogP contribution in [0.15, 0.2) is 60.7 Å². The molecule has 150 valence electrons. The first-order valence-corrected chi connectivity index (χ1v) is 9.53. The SMILES string of the molecule is COc1cccc(CNc2cc(C(=O)O)ccc2Cl)c1OCc1cccc(Cl)c1. The fourth-order valence-corrected chi connectivity index (χ4v) is 3.19. The molecule has 0 bridgehead atoms. The molecule has 0 aromatic heterocycles. The third kappa shape index (κ3) is 5.34. The Hall–Kier alpha value is -2.89. The third-order valence-corrected chi connectivity index (χ3v) is 4.80. The summed E-state index contributed by atoms with van der Waals surface area (Å²) < 4.78 is 11.5. The Bertz CT molecular complexity index is 1020. The Morgan fingerprint density at radius 3 is 2.59 bits per heavy atom. The van der Waals surface area contributed by atoms with E-state index in [1.165, 1.54) is 12.1 Å². The molecule has 0 unspecified atom stereocenters. The van der Waals surface area contributed by atoms with Crippen molar-refractivity contribution < 1.29 is 19.4 Å². The van der Waals surface area contributed by atoms with Crippen molar-refractivity contribution in [2.24, 2.45) is 0 Å². The van der Waals surface area contributed by atoms with E-state index in [4.69, 9.17) is 32.7 Å². The molecule has 0 spiro atoms. The zero-order valence-electron chi connectivity index (χ0n) is 15.6. The summed E-state index contributed by atoms with van der Waals surface area (Å²) in [5.74, 6) is 0.168. The lowest BCUT2D eigenvalue weighted by Gasteiger charge is -2.17. The quantitative estimate of drug-likeness (QED) is 0.465. The van der Waals surface area contributed by atoms with E-state index < -0.39 is 5.97 Å². The number of carboxylic acid groups (broad SMARTS) is 1. The van der Waals surface area contributed by atoms with Crippen molar-refractivity contribution in [1.82, 2.24) is 0 Å². The zero-order valence-corrected chi connectivity index (χ0v) is 17.1. The molecule has 29 heavy (non-hydrogen) atoms. The van der Waals surface area contributed by atoms with Crippen LogP contribution in [0.3, 0.4) is 0 Å². The van der Waals surface area contributed by atoms with Gasteiger partial charge in [0.25, 0.3) is 0 Å². The molecule has 7 heteroatoms. The highest BCUT2D eigenvalue weighted by Crippen LogP contribution is 2.33. The van der Waals surface area contributed by atoms with E-state index in [0.717, 1.165) is 11.1 Å². The van der Waals surface area contributed by atoms with Crippen molar-refractivity contribution in [3.8, 4) is 11.5 Å². The predicted octanol–water partition coefficient (Wildman–Crippen LogP) is 5.89. The second-order valence-electron chi connectivity index (χ2n) is 6.22. The average molecular weight is 432 g/mol. The summed E-state index contributed by atoms with van der Waals surface area (Å²) in [4.78, 5) is 11.2. The minimum atomic E-state index is -1.02. The maximum Gasteiger partial charge on any atom is 0.335 e. The fourth-order valence-electron chi connectivity index (χ4n) is 2.79. The zero-order chi connectivity index (χ0) is 20.8. The Morgan fingerprint density at radius 1 is 1.07 bits per heavy atom. The lowest BCUT2D eigenvalue weighted by molar-refractivity contribution is 0.0697. The van der Waals surface area contributed by atoms with E-state index >= 15 is 0 Å². The number of methoxy groups -OCH3 is 1. The minimum absolute atomic E-state index is 0.153. The van der Waals surface area contributed by atoms with Crippen molar-refractivity contribution >= 4 is 34.9 Å². The van der Waals surface area contributed by atoms with Gasteiger partial charge in [0.15, 0.2) is 11.5 Å². The van der Waals surface area contributed by atoms with Gasteiger partial charge < -0.3 is 19.9 Å².